The molecule has 0 saturated carbocycles. The van der Waals surface area contributed by atoms with Crippen molar-refractivity contribution in [1.82, 2.24) is 0 Å². The molecule has 7 heteroatoms. The highest BCUT2D eigenvalue weighted by molar-refractivity contribution is 6.35. The lowest BCUT2D eigenvalue weighted by atomic mass is 10.0. The Hall–Kier alpha value is -2.96. The Bertz CT molecular complexity index is 872. The first-order chi connectivity index (χ1) is 11.8. The predicted molar refractivity (Wildman–Crippen MR) is 87.5 cm³/mol. The van der Waals surface area contributed by atoms with E-state index in [0.29, 0.717) is 22.7 Å². The molecule has 130 valence electrons. The molecule has 2 aromatic rings. The van der Waals surface area contributed by atoms with Crippen LogP contribution in [0.25, 0.3) is 11.6 Å². The lowest BCUT2D eigenvalue weighted by Gasteiger charge is -2.09. The van der Waals surface area contributed by atoms with Crippen LogP contribution in [0, 0.1) is 0 Å². The number of fused-ring (bicyclic) bond motifs is 1. The van der Waals surface area contributed by atoms with Crippen LogP contribution >= 0.6 is 0 Å². The largest absolute Gasteiger partial charge is 0.497 e. The monoisotopic (exact) mass is 349 g/mol. The summed E-state index contributed by atoms with van der Waals surface area (Å²) in [6.07, 6.45) is -3.00. The highest BCUT2D eigenvalue weighted by Gasteiger charge is 2.33. The molecule has 0 saturated heterocycles. The molecular weight excluding hydrogens is 335 g/mol. The molecule has 0 spiro atoms. The van der Waals surface area contributed by atoms with Crippen LogP contribution < -0.4 is 14.8 Å². The second-order valence-corrected chi connectivity index (χ2v) is 5.38. The van der Waals surface area contributed by atoms with E-state index in [4.69, 9.17) is 9.47 Å². The summed E-state index contributed by atoms with van der Waals surface area (Å²) >= 11 is 0. The van der Waals surface area contributed by atoms with Crippen LogP contribution in [0.3, 0.4) is 0 Å². The highest BCUT2D eigenvalue weighted by Crippen LogP contribution is 2.39. The summed E-state index contributed by atoms with van der Waals surface area (Å²) in [6.45, 7) is 0. The molecule has 1 N–H and O–H groups in total. The third kappa shape index (κ3) is 3.17. The third-order valence-corrected chi connectivity index (χ3v) is 3.87. The maximum absolute atomic E-state index is 13.0. The fourth-order valence-corrected chi connectivity index (χ4v) is 2.62. The molecule has 1 aliphatic rings. The van der Waals surface area contributed by atoms with Crippen LogP contribution in [-0.2, 0) is 11.0 Å². The molecule has 0 aliphatic carbocycles. The van der Waals surface area contributed by atoms with Gasteiger partial charge in [-0.05, 0) is 42.5 Å². The number of benzene rings is 2. The minimum atomic E-state index is -4.49. The molecule has 1 heterocycles. The Morgan fingerprint density at radius 2 is 1.80 bits per heavy atom. The van der Waals surface area contributed by atoms with Gasteiger partial charge in [0.15, 0.2) is 0 Å². The average molecular weight is 349 g/mol. The zero-order valence-electron chi connectivity index (χ0n) is 13.4. The van der Waals surface area contributed by atoms with Crippen molar-refractivity contribution in [1.29, 1.82) is 0 Å². The van der Waals surface area contributed by atoms with Crippen molar-refractivity contribution >= 4 is 23.2 Å². The number of ether oxygens (including phenoxy) is 2. The summed E-state index contributed by atoms with van der Waals surface area (Å²) in [5.74, 6) is 0.538. The van der Waals surface area contributed by atoms with Crippen molar-refractivity contribution in [3.63, 3.8) is 0 Å². The Morgan fingerprint density at radius 3 is 2.44 bits per heavy atom. The molecule has 3 rings (SSSR count). The van der Waals surface area contributed by atoms with E-state index in [9.17, 15) is 18.0 Å². The van der Waals surface area contributed by atoms with E-state index in [2.05, 4.69) is 5.32 Å². The molecule has 1 aliphatic heterocycles. The van der Waals surface area contributed by atoms with Crippen LogP contribution in [0.15, 0.2) is 36.4 Å². The molecule has 0 fully saturated rings. The minimum absolute atomic E-state index is 0.132. The molecule has 0 bridgehead atoms. The average Bonchev–Trinajstić information content (AvgIpc) is 2.89. The second-order valence-electron chi connectivity index (χ2n) is 5.38. The van der Waals surface area contributed by atoms with Gasteiger partial charge in [-0.3, -0.25) is 4.79 Å². The van der Waals surface area contributed by atoms with E-state index in [1.165, 1.54) is 26.4 Å². The predicted octanol–water partition coefficient (Wildman–Crippen LogP) is 4.22. The van der Waals surface area contributed by atoms with Gasteiger partial charge in [0.05, 0.1) is 19.8 Å². The zero-order chi connectivity index (χ0) is 18.2. The number of rotatable bonds is 3. The van der Waals surface area contributed by atoms with Gasteiger partial charge in [-0.1, -0.05) is 0 Å². The van der Waals surface area contributed by atoms with Gasteiger partial charge < -0.3 is 14.8 Å². The number of carbonyl (C=O) groups is 1. The fourth-order valence-electron chi connectivity index (χ4n) is 2.62. The molecule has 0 unspecified atom stereocenters. The van der Waals surface area contributed by atoms with Gasteiger partial charge in [-0.15, -0.1) is 0 Å². The first kappa shape index (κ1) is 16.9. The number of methoxy groups -OCH3 is 2. The van der Waals surface area contributed by atoms with Crippen LogP contribution in [0.5, 0.6) is 11.5 Å². The van der Waals surface area contributed by atoms with E-state index in [1.807, 2.05) is 0 Å². The lowest BCUT2D eigenvalue weighted by molar-refractivity contribution is -0.137. The number of alkyl halides is 3. The molecular formula is C18H14F3NO3. The second kappa shape index (κ2) is 6.16. The Labute approximate surface area is 141 Å². The van der Waals surface area contributed by atoms with E-state index in [0.717, 1.165) is 12.1 Å². The number of halogens is 3. The standard InChI is InChI=1S/C18H14F3NO3/c1-24-12-4-6-16(25-2)10(7-12)8-14-13-9-11(18(19,20)21)3-5-15(13)22-17(14)23/h3-9H,1-2H3,(H,22,23)/b14-8-. The number of hydrogen-bond acceptors (Lipinski definition) is 3. The summed E-state index contributed by atoms with van der Waals surface area (Å²) in [4.78, 5) is 12.2. The maximum Gasteiger partial charge on any atom is 0.416 e. The zero-order valence-corrected chi connectivity index (χ0v) is 13.4. The van der Waals surface area contributed by atoms with Crippen LogP contribution in [0.2, 0.25) is 0 Å². The first-order valence-corrected chi connectivity index (χ1v) is 7.30. The Balaban J connectivity index is 2.13. The van der Waals surface area contributed by atoms with Crippen molar-refractivity contribution in [2.45, 2.75) is 6.18 Å². The molecule has 25 heavy (non-hydrogen) atoms. The molecule has 0 radical (unpaired) electrons. The van der Waals surface area contributed by atoms with E-state index >= 15 is 0 Å². The Morgan fingerprint density at radius 1 is 1.04 bits per heavy atom. The van der Waals surface area contributed by atoms with E-state index in [1.54, 1.807) is 18.2 Å². The van der Waals surface area contributed by atoms with Crippen molar-refractivity contribution in [3.05, 3.63) is 53.1 Å². The van der Waals surface area contributed by atoms with Crippen molar-refractivity contribution in [2.75, 3.05) is 19.5 Å². The highest BCUT2D eigenvalue weighted by atomic mass is 19.4. The minimum Gasteiger partial charge on any atom is -0.497 e. The van der Waals surface area contributed by atoms with Crippen LogP contribution in [0.4, 0.5) is 18.9 Å². The first-order valence-electron chi connectivity index (χ1n) is 7.30. The summed E-state index contributed by atoms with van der Waals surface area (Å²) in [6, 6.07) is 8.14. The lowest BCUT2D eigenvalue weighted by Crippen LogP contribution is -2.04. The maximum atomic E-state index is 13.0. The summed E-state index contributed by atoms with van der Waals surface area (Å²) in [5.41, 5.74) is 0.381. The van der Waals surface area contributed by atoms with Crippen LogP contribution in [-0.4, -0.2) is 20.1 Å². The third-order valence-electron chi connectivity index (χ3n) is 3.87. The molecule has 0 atom stereocenters. The van der Waals surface area contributed by atoms with E-state index in [-0.39, 0.29) is 11.1 Å². The number of hydrogen-bond donors (Lipinski definition) is 1. The van der Waals surface area contributed by atoms with E-state index < -0.39 is 17.6 Å². The molecule has 1 amide bonds. The van der Waals surface area contributed by atoms with Gasteiger partial charge in [0.2, 0.25) is 0 Å². The quantitative estimate of drug-likeness (QED) is 0.844. The smallest absolute Gasteiger partial charge is 0.416 e. The Kier molecular flexibility index (Phi) is 4.16. The fraction of sp³-hybridized carbons (Fsp3) is 0.167. The normalized spacial score (nSPS) is 15.1. The van der Waals surface area contributed by atoms with Gasteiger partial charge in [-0.25, -0.2) is 0 Å². The topological polar surface area (TPSA) is 47.6 Å². The van der Waals surface area contributed by atoms with Gasteiger partial charge in [0.1, 0.15) is 11.5 Å². The van der Waals surface area contributed by atoms with Crippen molar-refractivity contribution in [2.24, 2.45) is 0 Å². The van der Waals surface area contributed by atoms with Gasteiger partial charge in [0, 0.05) is 22.4 Å². The number of carbonyl (C=O) groups excluding carboxylic acids is 1. The number of nitrogens with one attached hydrogen (secondary N) is 1. The van der Waals surface area contributed by atoms with Gasteiger partial charge in [0.25, 0.3) is 5.91 Å². The summed E-state index contributed by atoms with van der Waals surface area (Å²) < 4.78 is 49.3. The summed E-state index contributed by atoms with van der Waals surface area (Å²) in [7, 11) is 2.96. The summed E-state index contributed by atoms with van der Waals surface area (Å²) in [5, 5.41) is 2.57. The molecule has 4 nitrogen and oxygen atoms in total. The number of amides is 1. The number of anilines is 1. The van der Waals surface area contributed by atoms with Gasteiger partial charge >= 0.3 is 6.18 Å². The van der Waals surface area contributed by atoms with Crippen molar-refractivity contribution < 1.29 is 27.4 Å². The van der Waals surface area contributed by atoms with Crippen LogP contribution in [0.1, 0.15) is 16.7 Å². The van der Waals surface area contributed by atoms with Gasteiger partial charge in [-0.2, -0.15) is 13.2 Å². The van der Waals surface area contributed by atoms with Crippen molar-refractivity contribution in [3.8, 4) is 11.5 Å². The SMILES string of the molecule is COc1ccc(OC)c(/C=C2\C(=O)Nc3ccc(C(F)(F)F)cc32)c1. The molecule has 2 aromatic carbocycles. The molecule has 0 aromatic heterocycles.